The molecule has 1 saturated heterocycles. The first-order chi connectivity index (χ1) is 13.6. The Morgan fingerprint density at radius 3 is 2.71 bits per heavy atom. The topological polar surface area (TPSA) is 59.8 Å². The fraction of sp³-hybridized carbons (Fsp3) is 0.273. The van der Waals surface area contributed by atoms with Crippen LogP contribution in [0, 0.1) is 5.82 Å². The third kappa shape index (κ3) is 3.97. The summed E-state index contributed by atoms with van der Waals surface area (Å²) in [4.78, 5) is 27.2. The van der Waals surface area contributed by atoms with Gasteiger partial charge in [-0.1, -0.05) is 30.3 Å². The van der Waals surface area contributed by atoms with E-state index in [4.69, 9.17) is 9.15 Å². The molecule has 3 aromatic rings. The number of hydrogen-bond acceptors (Lipinski definition) is 4. The Morgan fingerprint density at radius 2 is 1.96 bits per heavy atom. The van der Waals surface area contributed by atoms with Gasteiger partial charge >= 0.3 is 0 Å². The van der Waals surface area contributed by atoms with E-state index in [1.165, 1.54) is 12.1 Å². The number of nitrogens with zero attached hydrogens (tertiary/aromatic N) is 1. The Hall–Kier alpha value is -2.99. The van der Waals surface area contributed by atoms with Gasteiger partial charge in [-0.25, -0.2) is 4.39 Å². The minimum absolute atomic E-state index is 0.0334. The predicted octanol–water partition coefficient (Wildman–Crippen LogP) is 3.75. The maximum atomic E-state index is 13.4. The van der Waals surface area contributed by atoms with Crippen LogP contribution in [0.2, 0.25) is 0 Å². The molecule has 5 nitrogen and oxygen atoms in total. The monoisotopic (exact) mass is 381 g/mol. The summed E-state index contributed by atoms with van der Waals surface area (Å²) in [6, 6.07) is 14.4. The summed E-state index contributed by atoms with van der Waals surface area (Å²) in [6.45, 7) is 1.48. The molecule has 0 radical (unpaired) electrons. The highest BCUT2D eigenvalue weighted by molar-refractivity contribution is 5.93. The second-order valence-electron chi connectivity index (χ2n) is 6.92. The van der Waals surface area contributed by atoms with Crippen molar-refractivity contribution >= 4 is 16.9 Å². The van der Waals surface area contributed by atoms with E-state index >= 15 is 0 Å². The molecule has 0 saturated carbocycles. The molecule has 6 heteroatoms. The Kier molecular flexibility index (Phi) is 5.21. The van der Waals surface area contributed by atoms with Gasteiger partial charge in [-0.15, -0.1) is 0 Å². The van der Waals surface area contributed by atoms with E-state index in [2.05, 4.69) is 0 Å². The summed E-state index contributed by atoms with van der Waals surface area (Å²) in [7, 11) is 0. The number of ether oxygens (including phenoxy) is 1. The molecule has 4 rings (SSSR count). The first-order valence-electron chi connectivity index (χ1n) is 9.28. The van der Waals surface area contributed by atoms with Crippen LogP contribution in [0.3, 0.4) is 0 Å². The molecule has 0 unspecified atom stereocenters. The van der Waals surface area contributed by atoms with Gasteiger partial charge in [0.25, 0.3) is 5.91 Å². The fourth-order valence-electron chi connectivity index (χ4n) is 3.45. The molecular weight excluding hydrogens is 361 g/mol. The van der Waals surface area contributed by atoms with Crippen molar-refractivity contribution in [3.8, 4) is 0 Å². The van der Waals surface area contributed by atoms with Crippen molar-refractivity contribution in [3.05, 3.63) is 82.0 Å². The van der Waals surface area contributed by atoms with Crippen molar-refractivity contribution in [1.82, 2.24) is 4.90 Å². The number of amides is 1. The number of rotatable bonds is 5. The molecule has 1 amide bonds. The minimum atomic E-state index is -0.525. The lowest BCUT2D eigenvalue weighted by molar-refractivity contribution is 0.0484. The third-order valence-corrected chi connectivity index (χ3v) is 4.85. The Morgan fingerprint density at radius 1 is 1.14 bits per heavy atom. The summed E-state index contributed by atoms with van der Waals surface area (Å²) in [5, 5.41) is 0.116. The summed E-state index contributed by atoms with van der Waals surface area (Å²) < 4.78 is 24.7. The SMILES string of the molecule is O=C(c1cc(=O)c2cc(F)ccc2o1)N(Cc1ccccc1)C[C@@H]1CCCO1. The number of carbonyl (C=O) groups excluding carboxylic acids is 1. The normalized spacial score (nSPS) is 16.4. The zero-order valence-corrected chi connectivity index (χ0v) is 15.3. The van der Waals surface area contributed by atoms with E-state index in [9.17, 15) is 14.0 Å². The Bertz CT molecular complexity index is 1040. The first kappa shape index (κ1) is 18.4. The highest BCUT2D eigenvalue weighted by atomic mass is 19.1. The second kappa shape index (κ2) is 7.94. The van der Waals surface area contributed by atoms with Gasteiger partial charge in [0, 0.05) is 25.8 Å². The van der Waals surface area contributed by atoms with Crippen molar-refractivity contribution in [2.24, 2.45) is 0 Å². The molecule has 1 fully saturated rings. The third-order valence-electron chi connectivity index (χ3n) is 4.85. The van der Waals surface area contributed by atoms with E-state index < -0.39 is 11.2 Å². The number of fused-ring (bicyclic) bond motifs is 1. The lowest BCUT2D eigenvalue weighted by atomic mass is 10.1. The smallest absolute Gasteiger partial charge is 0.290 e. The van der Waals surface area contributed by atoms with Gasteiger partial charge in [0.05, 0.1) is 11.5 Å². The number of benzene rings is 2. The van der Waals surface area contributed by atoms with Gasteiger partial charge < -0.3 is 14.1 Å². The molecule has 2 aromatic carbocycles. The van der Waals surface area contributed by atoms with Crippen molar-refractivity contribution in [2.45, 2.75) is 25.5 Å². The molecule has 0 spiro atoms. The molecule has 144 valence electrons. The van der Waals surface area contributed by atoms with Gasteiger partial charge in [0.1, 0.15) is 11.4 Å². The van der Waals surface area contributed by atoms with Crippen LogP contribution in [-0.4, -0.2) is 30.1 Å². The van der Waals surface area contributed by atoms with E-state index in [0.29, 0.717) is 19.7 Å². The van der Waals surface area contributed by atoms with Crippen LogP contribution in [-0.2, 0) is 11.3 Å². The zero-order chi connectivity index (χ0) is 19.5. The highest BCUT2D eigenvalue weighted by Gasteiger charge is 2.25. The van der Waals surface area contributed by atoms with Gasteiger partial charge in [0.2, 0.25) is 0 Å². The molecule has 1 aliphatic rings. The Labute approximate surface area is 161 Å². The lowest BCUT2D eigenvalue weighted by Gasteiger charge is -2.25. The number of halogens is 1. The molecule has 1 aliphatic heterocycles. The minimum Gasteiger partial charge on any atom is -0.451 e. The Balaban J connectivity index is 1.66. The molecule has 0 bridgehead atoms. The lowest BCUT2D eigenvalue weighted by Crippen LogP contribution is -2.37. The summed E-state index contributed by atoms with van der Waals surface area (Å²) in [6.07, 6.45) is 1.82. The molecule has 1 atom stereocenters. The maximum Gasteiger partial charge on any atom is 0.290 e. The van der Waals surface area contributed by atoms with Crippen LogP contribution < -0.4 is 5.43 Å². The van der Waals surface area contributed by atoms with Crippen LogP contribution in [0.4, 0.5) is 4.39 Å². The summed E-state index contributed by atoms with van der Waals surface area (Å²) in [5.74, 6) is -0.969. The molecule has 0 aliphatic carbocycles. The zero-order valence-electron chi connectivity index (χ0n) is 15.3. The van der Waals surface area contributed by atoms with Gasteiger partial charge in [-0.2, -0.15) is 0 Å². The van der Waals surface area contributed by atoms with Gasteiger partial charge in [0.15, 0.2) is 11.2 Å². The van der Waals surface area contributed by atoms with Crippen LogP contribution in [0.25, 0.3) is 11.0 Å². The van der Waals surface area contributed by atoms with Crippen LogP contribution in [0.5, 0.6) is 0 Å². The average Bonchev–Trinajstić information content (AvgIpc) is 3.21. The van der Waals surface area contributed by atoms with E-state index in [0.717, 1.165) is 30.5 Å². The second-order valence-corrected chi connectivity index (χ2v) is 6.92. The van der Waals surface area contributed by atoms with E-state index in [-0.39, 0.29) is 28.7 Å². The van der Waals surface area contributed by atoms with Gasteiger partial charge in [-0.3, -0.25) is 9.59 Å². The molecule has 1 aromatic heterocycles. The molecule has 28 heavy (non-hydrogen) atoms. The fourth-order valence-corrected chi connectivity index (χ4v) is 3.45. The van der Waals surface area contributed by atoms with Crippen molar-refractivity contribution in [2.75, 3.05) is 13.2 Å². The largest absolute Gasteiger partial charge is 0.451 e. The maximum absolute atomic E-state index is 13.4. The van der Waals surface area contributed by atoms with Crippen molar-refractivity contribution in [3.63, 3.8) is 0 Å². The predicted molar refractivity (Wildman–Crippen MR) is 103 cm³/mol. The molecular formula is C22H20FNO4. The van der Waals surface area contributed by atoms with Crippen LogP contribution in [0.15, 0.2) is 63.8 Å². The number of hydrogen-bond donors (Lipinski definition) is 0. The standard InChI is InChI=1S/C22H20FNO4/c23-16-8-9-20-18(11-16)19(25)12-21(28-20)22(26)24(14-17-7-4-10-27-17)13-15-5-2-1-3-6-15/h1-3,5-6,8-9,11-12,17H,4,7,10,13-14H2/t17-/m0/s1. The average molecular weight is 381 g/mol. The summed E-state index contributed by atoms with van der Waals surface area (Å²) >= 11 is 0. The first-order valence-corrected chi connectivity index (χ1v) is 9.28. The van der Waals surface area contributed by atoms with Gasteiger partial charge in [-0.05, 0) is 36.6 Å². The summed E-state index contributed by atoms with van der Waals surface area (Å²) in [5.41, 5.74) is 0.717. The van der Waals surface area contributed by atoms with Crippen molar-refractivity contribution in [1.29, 1.82) is 0 Å². The molecule has 0 N–H and O–H groups in total. The highest BCUT2D eigenvalue weighted by Crippen LogP contribution is 2.19. The van der Waals surface area contributed by atoms with E-state index in [1.807, 2.05) is 30.3 Å². The van der Waals surface area contributed by atoms with E-state index in [1.54, 1.807) is 4.90 Å². The van der Waals surface area contributed by atoms with Crippen molar-refractivity contribution < 1.29 is 18.3 Å². The quantitative estimate of drug-likeness (QED) is 0.675. The van der Waals surface area contributed by atoms with Crippen LogP contribution in [0.1, 0.15) is 29.0 Å². The number of carbonyl (C=O) groups is 1. The van der Waals surface area contributed by atoms with Crippen LogP contribution >= 0.6 is 0 Å². The molecule has 2 heterocycles.